The highest BCUT2D eigenvalue weighted by Gasteiger charge is 1.99. The molecule has 3 heteroatoms. The summed E-state index contributed by atoms with van der Waals surface area (Å²) >= 11 is 0. The van der Waals surface area contributed by atoms with Crippen molar-refractivity contribution in [2.75, 3.05) is 18.4 Å². The van der Waals surface area contributed by atoms with Crippen molar-refractivity contribution in [1.29, 1.82) is 0 Å². The maximum absolute atomic E-state index is 10.9. The predicted molar refractivity (Wildman–Crippen MR) is 76.8 cm³/mol. The van der Waals surface area contributed by atoms with Gasteiger partial charge in [-0.25, -0.2) is 0 Å². The van der Waals surface area contributed by atoms with Crippen molar-refractivity contribution in [1.82, 2.24) is 5.32 Å². The largest absolute Gasteiger partial charge is 0.326 e. The fraction of sp³-hybridized carbons (Fsp3) is 0.533. The molecule has 100 valence electrons. The van der Waals surface area contributed by atoms with E-state index in [0.29, 0.717) is 0 Å². The molecule has 1 aromatic rings. The van der Waals surface area contributed by atoms with E-state index in [-0.39, 0.29) is 5.91 Å². The third kappa shape index (κ3) is 5.82. The fourth-order valence-corrected chi connectivity index (χ4v) is 1.68. The Morgan fingerprint density at radius 3 is 2.50 bits per heavy atom. The molecule has 1 amide bonds. The third-order valence-corrected chi connectivity index (χ3v) is 3.05. The number of carbonyl (C=O) groups excluding carboxylic acids is 1. The van der Waals surface area contributed by atoms with Crippen LogP contribution >= 0.6 is 0 Å². The lowest BCUT2D eigenvalue weighted by molar-refractivity contribution is -0.114. The number of nitrogens with one attached hydrogen (secondary N) is 2. The first-order valence-corrected chi connectivity index (χ1v) is 6.69. The van der Waals surface area contributed by atoms with Crippen LogP contribution < -0.4 is 10.6 Å². The molecule has 0 fully saturated rings. The molecule has 0 radical (unpaired) electrons. The van der Waals surface area contributed by atoms with Gasteiger partial charge in [0.15, 0.2) is 0 Å². The van der Waals surface area contributed by atoms with Crippen molar-refractivity contribution >= 4 is 11.6 Å². The average Bonchev–Trinajstić information content (AvgIpc) is 2.35. The second kappa shape index (κ2) is 7.88. The van der Waals surface area contributed by atoms with Crippen LogP contribution in [0.5, 0.6) is 0 Å². The summed E-state index contributed by atoms with van der Waals surface area (Å²) in [5.74, 6) is 0.713. The normalized spacial score (nSPS) is 12.2. The SMILES string of the molecule is CC[C@@H](C)CNCCc1ccc(NC(C)=O)cc1. The van der Waals surface area contributed by atoms with Gasteiger partial charge in [0.1, 0.15) is 0 Å². The molecule has 0 unspecified atom stereocenters. The Kier molecular flexibility index (Phi) is 6.44. The Hall–Kier alpha value is -1.35. The van der Waals surface area contributed by atoms with E-state index in [2.05, 4.69) is 36.6 Å². The molecule has 2 N–H and O–H groups in total. The molecular formula is C15H24N2O. The van der Waals surface area contributed by atoms with Gasteiger partial charge in [-0.2, -0.15) is 0 Å². The Morgan fingerprint density at radius 2 is 1.94 bits per heavy atom. The van der Waals surface area contributed by atoms with E-state index in [1.165, 1.54) is 18.9 Å². The van der Waals surface area contributed by atoms with Crippen molar-refractivity contribution < 1.29 is 4.79 Å². The van der Waals surface area contributed by atoms with Crippen molar-refractivity contribution in [3.05, 3.63) is 29.8 Å². The van der Waals surface area contributed by atoms with Crippen LogP contribution in [0.3, 0.4) is 0 Å². The van der Waals surface area contributed by atoms with Gasteiger partial charge in [0.2, 0.25) is 5.91 Å². The highest BCUT2D eigenvalue weighted by Crippen LogP contribution is 2.09. The quantitative estimate of drug-likeness (QED) is 0.729. The second-order valence-corrected chi connectivity index (χ2v) is 4.85. The summed E-state index contributed by atoms with van der Waals surface area (Å²) in [4.78, 5) is 10.9. The predicted octanol–water partition coefficient (Wildman–Crippen LogP) is 2.82. The van der Waals surface area contributed by atoms with Gasteiger partial charge in [-0.15, -0.1) is 0 Å². The second-order valence-electron chi connectivity index (χ2n) is 4.85. The molecule has 0 aromatic heterocycles. The number of rotatable bonds is 7. The van der Waals surface area contributed by atoms with Crippen molar-refractivity contribution in [3.63, 3.8) is 0 Å². The van der Waals surface area contributed by atoms with E-state index in [4.69, 9.17) is 0 Å². The standard InChI is InChI=1S/C15H24N2O/c1-4-12(2)11-16-10-9-14-5-7-15(8-6-14)17-13(3)18/h5-8,12,16H,4,9-11H2,1-3H3,(H,17,18)/t12-/m1/s1. The van der Waals surface area contributed by atoms with Gasteiger partial charge in [-0.3, -0.25) is 4.79 Å². The minimum Gasteiger partial charge on any atom is -0.326 e. The number of hydrogen-bond donors (Lipinski definition) is 2. The first-order chi connectivity index (χ1) is 8.61. The fourth-order valence-electron chi connectivity index (χ4n) is 1.68. The molecule has 18 heavy (non-hydrogen) atoms. The van der Waals surface area contributed by atoms with E-state index in [0.717, 1.165) is 31.1 Å². The lowest BCUT2D eigenvalue weighted by Gasteiger charge is -2.10. The van der Waals surface area contributed by atoms with E-state index < -0.39 is 0 Å². The van der Waals surface area contributed by atoms with Crippen molar-refractivity contribution in [3.8, 4) is 0 Å². The molecule has 0 aliphatic heterocycles. The van der Waals surface area contributed by atoms with Crippen LogP contribution in [0, 0.1) is 5.92 Å². The zero-order valence-corrected chi connectivity index (χ0v) is 11.6. The summed E-state index contributed by atoms with van der Waals surface area (Å²) < 4.78 is 0. The lowest BCUT2D eigenvalue weighted by Crippen LogP contribution is -2.23. The van der Waals surface area contributed by atoms with Gasteiger partial charge in [0, 0.05) is 12.6 Å². The number of carbonyl (C=O) groups is 1. The number of hydrogen-bond acceptors (Lipinski definition) is 2. The van der Waals surface area contributed by atoms with Gasteiger partial charge in [-0.05, 0) is 43.1 Å². The van der Waals surface area contributed by atoms with Crippen LogP contribution in [-0.4, -0.2) is 19.0 Å². The molecule has 0 saturated heterocycles. The van der Waals surface area contributed by atoms with Crippen LogP contribution in [0.15, 0.2) is 24.3 Å². The molecule has 0 saturated carbocycles. The average molecular weight is 248 g/mol. The summed E-state index contributed by atoms with van der Waals surface area (Å²) in [6, 6.07) is 8.03. The molecule has 1 rings (SSSR count). The van der Waals surface area contributed by atoms with Gasteiger partial charge in [-0.1, -0.05) is 32.4 Å². The lowest BCUT2D eigenvalue weighted by atomic mass is 10.1. The summed E-state index contributed by atoms with van der Waals surface area (Å²) in [5, 5.41) is 6.23. The third-order valence-electron chi connectivity index (χ3n) is 3.05. The zero-order chi connectivity index (χ0) is 13.4. The summed E-state index contributed by atoms with van der Waals surface area (Å²) in [6.07, 6.45) is 2.25. The van der Waals surface area contributed by atoms with E-state index in [1.807, 2.05) is 12.1 Å². The maximum atomic E-state index is 10.9. The number of benzene rings is 1. The van der Waals surface area contributed by atoms with Gasteiger partial charge in [0.25, 0.3) is 0 Å². The molecule has 0 spiro atoms. The Morgan fingerprint density at radius 1 is 1.28 bits per heavy atom. The molecular weight excluding hydrogens is 224 g/mol. The minimum atomic E-state index is -0.0297. The molecule has 0 heterocycles. The van der Waals surface area contributed by atoms with Crippen molar-refractivity contribution in [2.45, 2.75) is 33.6 Å². The van der Waals surface area contributed by atoms with E-state index in [9.17, 15) is 4.79 Å². The van der Waals surface area contributed by atoms with Crippen LogP contribution in [0.2, 0.25) is 0 Å². The van der Waals surface area contributed by atoms with E-state index in [1.54, 1.807) is 0 Å². The Labute approximate surface area is 110 Å². The van der Waals surface area contributed by atoms with Crippen LogP contribution in [0.25, 0.3) is 0 Å². The Bertz CT molecular complexity index is 359. The smallest absolute Gasteiger partial charge is 0.221 e. The monoisotopic (exact) mass is 248 g/mol. The summed E-state index contributed by atoms with van der Waals surface area (Å²) in [6.45, 7) is 8.08. The van der Waals surface area contributed by atoms with E-state index >= 15 is 0 Å². The molecule has 0 bridgehead atoms. The first kappa shape index (κ1) is 14.7. The molecule has 1 aromatic carbocycles. The molecule has 3 nitrogen and oxygen atoms in total. The maximum Gasteiger partial charge on any atom is 0.221 e. The molecule has 0 aliphatic rings. The van der Waals surface area contributed by atoms with Gasteiger partial charge < -0.3 is 10.6 Å². The van der Waals surface area contributed by atoms with Gasteiger partial charge in [0.05, 0.1) is 0 Å². The highest BCUT2D eigenvalue weighted by molar-refractivity contribution is 5.88. The zero-order valence-electron chi connectivity index (χ0n) is 11.6. The van der Waals surface area contributed by atoms with Crippen molar-refractivity contribution in [2.24, 2.45) is 5.92 Å². The van der Waals surface area contributed by atoms with Crippen LogP contribution in [0.4, 0.5) is 5.69 Å². The Balaban J connectivity index is 2.28. The minimum absolute atomic E-state index is 0.0297. The molecule has 1 atom stereocenters. The number of amides is 1. The van der Waals surface area contributed by atoms with Crippen LogP contribution in [0.1, 0.15) is 32.8 Å². The topological polar surface area (TPSA) is 41.1 Å². The number of anilines is 1. The first-order valence-electron chi connectivity index (χ1n) is 6.69. The van der Waals surface area contributed by atoms with Crippen LogP contribution in [-0.2, 0) is 11.2 Å². The highest BCUT2D eigenvalue weighted by atomic mass is 16.1. The summed E-state index contributed by atoms with van der Waals surface area (Å²) in [7, 11) is 0. The van der Waals surface area contributed by atoms with Gasteiger partial charge >= 0.3 is 0 Å². The molecule has 0 aliphatic carbocycles. The summed E-state index contributed by atoms with van der Waals surface area (Å²) in [5.41, 5.74) is 2.15.